The molecule has 0 bridgehead atoms. The normalized spacial score (nSPS) is 9.62. The van der Waals surface area contributed by atoms with Crippen LogP contribution in [-0.2, 0) is 17.5 Å². The molecule has 2 radical (unpaired) electrons. The van der Waals surface area contributed by atoms with Crippen molar-refractivity contribution in [3.05, 3.63) is 0 Å². The zero-order chi connectivity index (χ0) is 10.3. The van der Waals surface area contributed by atoms with Crippen molar-refractivity contribution >= 4 is 39.1 Å². The molecular weight excluding hydrogens is 283 g/mol. The molecule has 72 valence electrons. The molecule has 0 aromatic carbocycles. The molecule has 0 aromatic heterocycles. The molecule has 0 aliphatic heterocycles. The van der Waals surface area contributed by atoms with Gasteiger partial charge >= 0.3 is 86.0 Å². The average Bonchev–Trinajstić information content (AvgIpc) is 2.04. The van der Waals surface area contributed by atoms with Crippen LogP contribution in [0, 0.1) is 0 Å². The molecule has 13 heavy (non-hydrogen) atoms. The van der Waals surface area contributed by atoms with Gasteiger partial charge in [0.2, 0.25) is 0 Å². The van der Waals surface area contributed by atoms with Gasteiger partial charge in [0.15, 0.2) is 0 Å². The monoisotopic (exact) mass is 294 g/mol. The molecule has 0 amide bonds. The minimum absolute atomic E-state index is 0.260. The first kappa shape index (κ1) is 12.6. The Bertz CT molecular complexity index is 213. The summed E-state index contributed by atoms with van der Waals surface area (Å²) in [6.45, 7) is 2.40. The van der Waals surface area contributed by atoms with E-state index in [0.29, 0.717) is 6.61 Å². The fraction of sp³-hybridized carbons (Fsp3) is 0.571. The molecular formula is C7H10O5Sn. The molecule has 0 spiro atoms. The molecule has 6 heteroatoms. The van der Waals surface area contributed by atoms with Crippen molar-refractivity contribution in [3.63, 3.8) is 0 Å². The summed E-state index contributed by atoms with van der Waals surface area (Å²) < 4.78 is 5.30. The maximum absolute atomic E-state index is 10.9. The van der Waals surface area contributed by atoms with Crippen molar-refractivity contribution in [3.8, 4) is 0 Å². The second-order valence-corrected chi connectivity index (χ2v) is 4.85. The Morgan fingerprint density at radius 1 is 1.38 bits per heavy atom. The van der Waals surface area contributed by atoms with Crippen LogP contribution >= 0.6 is 0 Å². The van der Waals surface area contributed by atoms with Crippen molar-refractivity contribution in [2.24, 2.45) is 0 Å². The quantitative estimate of drug-likeness (QED) is 0.301. The fourth-order valence-electron chi connectivity index (χ4n) is 0.551. The average molecular weight is 293 g/mol. The molecule has 0 aliphatic carbocycles. The van der Waals surface area contributed by atoms with Crippen LogP contribution in [0.1, 0.15) is 13.3 Å². The summed E-state index contributed by atoms with van der Waals surface area (Å²) in [7, 11) is 0. The standard InChI is InChI=1S/C5H5O4.C2H5O.Sn/c1-3(6)2-4(7)5(8)9;1-2-3;/h1-2H2,(H,8,9);2H2,1H3;/q;-1;+1. The molecule has 1 N–H and O–H groups in total. The van der Waals surface area contributed by atoms with Gasteiger partial charge in [-0.1, -0.05) is 0 Å². The third kappa shape index (κ3) is 6.71. The number of carboxylic acid groups (broad SMARTS) is 1. The molecule has 0 rings (SSSR count). The number of carboxylic acids is 1. The number of hydrogen-bond acceptors (Lipinski definition) is 4. The number of aliphatic carboxylic acids is 1. The second-order valence-electron chi connectivity index (χ2n) is 2.20. The van der Waals surface area contributed by atoms with Gasteiger partial charge in [-0.15, -0.1) is 0 Å². The van der Waals surface area contributed by atoms with Gasteiger partial charge in [-0.3, -0.25) is 0 Å². The van der Waals surface area contributed by atoms with E-state index in [1.165, 1.54) is 0 Å². The predicted octanol–water partition coefficient (Wildman–Crippen LogP) is -0.327. The van der Waals surface area contributed by atoms with Gasteiger partial charge in [-0.25, -0.2) is 0 Å². The molecule has 0 saturated carbocycles. The first-order valence-corrected chi connectivity index (χ1v) is 6.88. The SMILES string of the molecule is CC[O][Sn][CH2]C(=O)CC(=O)C(=O)O. The first-order valence-electron chi connectivity index (χ1n) is 3.70. The van der Waals surface area contributed by atoms with E-state index in [1.807, 2.05) is 6.92 Å². The van der Waals surface area contributed by atoms with Gasteiger partial charge < -0.3 is 0 Å². The third-order valence-electron chi connectivity index (χ3n) is 1.11. The minimum atomic E-state index is -1.55. The number of carbonyl (C=O) groups is 3. The van der Waals surface area contributed by atoms with Gasteiger partial charge in [0.25, 0.3) is 0 Å². The van der Waals surface area contributed by atoms with Crippen LogP contribution in [0.2, 0.25) is 4.44 Å². The summed E-state index contributed by atoms with van der Waals surface area (Å²) in [6.07, 6.45) is -0.497. The van der Waals surface area contributed by atoms with Crippen LogP contribution in [-0.4, -0.2) is 50.8 Å². The first-order chi connectivity index (χ1) is 6.07. The van der Waals surface area contributed by atoms with Crippen LogP contribution < -0.4 is 0 Å². The van der Waals surface area contributed by atoms with E-state index in [9.17, 15) is 14.4 Å². The zero-order valence-electron chi connectivity index (χ0n) is 7.20. The molecule has 0 unspecified atom stereocenters. The van der Waals surface area contributed by atoms with E-state index < -0.39 is 39.7 Å². The Hall–Kier alpha value is -0.431. The van der Waals surface area contributed by atoms with E-state index in [1.54, 1.807) is 0 Å². The van der Waals surface area contributed by atoms with Crippen LogP contribution in [0.3, 0.4) is 0 Å². The summed E-state index contributed by atoms with van der Waals surface area (Å²) in [5, 5.41) is 8.18. The van der Waals surface area contributed by atoms with Crippen LogP contribution in [0.4, 0.5) is 0 Å². The molecule has 0 heterocycles. The van der Waals surface area contributed by atoms with Crippen molar-refractivity contribution in [2.45, 2.75) is 17.8 Å². The molecule has 5 nitrogen and oxygen atoms in total. The van der Waals surface area contributed by atoms with Crippen LogP contribution in [0.15, 0.2) is 0 Å². The van der Waals surface area contributed by atoms with Crippen molar-refractivity contribution in [1.29, 1.82) is 0 Å². The third-order valence-corrected chi connectivity index (χ3v) is 4.06. The van der Waals surface area contributed by atoms with Gasteiger partial charge in [0.05, 0.1) is 0 Å². The van der Waals surface area contributed by atoms with Gasteiger partial charge in [0, 0.05) is 0 Å². The molecule has 0 aliphatic rings. The van der Waals surface area contributed by atoms with E-state index in [4.69, 9.17) is 8.18 Å². The molecule has 0 aromatic rings. The van der Waals surface area contributed by atoms with E-state index in [-0.39, 0.29) is 10.2 Å². The summed E-state index contributed by atoms with van der Waals surface area (Å²) in [5.41, 5.74) is 0. The van der Waals surface area contributed by atoms with Crippen molar-refractivity contribution in [2.75, 3.05) is 6.61 Å². The second kappa shape index (κ2) is 7.02. The van der Waals surface area contributed by atoms with Crippen molar-refractivity contribution < 1.29 is 22.6 Å². The van der Waals surface area contributed by atoms with Gasteiger partial charge in [-0.05, 0) is 0 Å². The summed E-state index contributed by atoms with van der Waals surface area (Å²) >= 11 is -1.15. The topological polar surface area (TPSA) is 80.7 Å². The van der Waals surface area contributed by atoms with Crippen LogP contribution in [0.5, 0.6) is 0 Å². The van der Waals surface area contributed by atoms with Crippen LogP contribution in [0.25, 0.3) is 0 Å². The van der Waals surface area contributed by atoms with Crippen molar-refractivity contribution in [1.82, 2.24) is 0 Å². The number of hydrogen-bond donors (Lipinski definition) is 1. The van der Waals surface area contributed by atoms with E-state index in [0.717, 1.165) is 0 Å². The number of ketones is 2. The Labute approximate surface area is 86.2 Å². The van der Waals surface area contributed by atoms with Gasteiger partial charge in [0.1, 0.15) is 0 Å². The number of carbonyl (C=O) groups excluding carboxylic acids is 2. The summed E-state index contributed by atoms with van der Waals surface area (Å²) in [6, 6.07) is 0. The maximum atomic E-state index is 10.9. The number of rotatable bonds is 7. The summed E-state index contributed by atoms with van der Waals surface area (Å²) in [4.78, 5) is 31.5. The van der Waals surface area contributed by atoms with E-state index >= 15 is 0 Å². The zero-order valence-corrected chi connectivity index (χ0v) is 10.1. The Balaban J connectivity index is 3.62. The summed E-state index contributed by atoms with van der Waals surface area (Å²) in [5.74, 6) is -2.91. The molecule has 0 atom stereocenters. The Morgan fingerprint density at radius 3 is 2.46 bits per heavy atom. The predicted molar refractivity (Wildman–Crippen MR) is 44.5 cm³/mol. The van der Waals surface area contributed by atoms with Gasteiger partial charge in [-0.2, -0.15) is 0 Å². The molecule has 0 fully saturated rings. The Morgan fingerprint density at radius 2 is 2.00 bits per heavy atom. The number of Topliss-reactive ketones (excluding diaryl/α,β-unsaturated/α-hetero) is 2. The van der Waals surface area contributed by atoms with E-state index in [2.05, 4.69) is 0 Å². The Kier molecular flexibility index (Phi) is 6.79. The molecule has 0 saturated heterocycles. The fourth-order valence-corrected chi connectivity index (χ4v) is 2.24.